The molecule has 190 valence electrons. The van der Waals surface area contributed by atoms with Gasteiger partial charge in [-0.25, -0.2) is 9.18 Å². The van der Waals surface area contributed by atoms with Crippen molar-refractivity contribution in [1.29, 1.82) is 0 Å². The Morgan fingerprint density at radius 1 is 0.919 bits per heavy atom. The molecule has 0 amide bonds. The number of hydrogen-bond acceptors (Lipinski definition) is 7. The Hall–Kier alpha value is -4.74. The van der Waals surface area contributed by atoms with Crippen LogP contribution in [0.25, 0.3) is 11.4 Å². The van der Waals surface area contributed by atoms with Crippen LogP contribution in [0, 0.1) is 5.82 Å². The second-order valence-corrected chi connectivity index (χ2v) is 7.73. The van der Waals surface area contributed by atoms with Crippen molar-refractivity contribution in [3.63, 3.8) is 0 Å². The van der Waals surface area contributed by atoms with E-state index in [4.69, 9.17) is 9.84 Å². The van der Waals surface area contributed by atoms with Gasteiger partial charge in [-0.2, -0.15) is 28.1 Å². The summed E-state index contributed by atoms with van der Waals surface area (Å²) in [5.74, 6) is -1.02. The van der Waals surface area contributed by atoms with Crippen LogP contribution in [-0.4, -0.2) is 38.8 Å². The minimum Gasteiger partial charge on any atom is -0.484 e. The van der Waals surface area contributed by atoms with Gasteiger partial charge in [0.15, 0.2) is 12.4 Å². The van der Waals surface area contributed by atoms with Gasteiger partial charge in [0.05, 0.1) is 5.56 Å². The Balaban J connectivity index is 1.61. The normalized spacial score (nSPS) is 11.1. The lowest BCUT2D eigenvalue weighted by molar-refractivity contribution is -0.153. The molecule has 0 atom stereocenters. The van der Waals surface area contributed by atoms with Crippen molar-refractivity contribution in [2.24, 2.45) is 0 Å². The van der Waals surface area contributed by atoms with Crippen LogP contribution in [0.1, 0.15) is 15.9 Å². The molecule has 3 N–H and O–H groups in total. The van der Waals surface area contributed by atoms with Crippen molar-refractivity contribution >= 4 is 23.6 Å². The van der Waals surface area contributed by atoms with Gasteiger partial charge in [-0.3, -0.25) is 0 Å². The quantitative estimate of drug-likeness (QED) is 0.246. The van der Waals surface area contributed by atoms with Gasteiger partial charge in [0.2, 0.25) is 11.9 Å². The van der Waals surface area contributed by atoms with Gasteiger partial charge < -0.3 is 20.5 Å². The first kappa shape index (κ1) is 25.4. The number of carbonyl (C=O) groups is 1. The molecule has 0 aliphatic rings. The van der Waals surface area contributed by atoms with Crippen molar-refractivity contribution in [2.45, 2.75) is 12.7 Å². The molecule has 4 rings (SSSR count). The average molecular weight is 513 g/mol. The lowest BCUT2D eigenvalue weighted by atomic mass is 10.1. The molecule has 0 fully saturated rings. The largest absolute Gasteiger partial charge is 0.484 e. The van der Waals surface area contributed by atoms with Crippen LogP contribution < -0.4 is 15.4 Å². The third kappa shape index (κ3) is 7.37. The molecule has 0 saturated carbocycles. The molecule has 0 unspecified atom stereocenters. The Labute approximate surface area is 208 Å². The standard InChI is InChI=1S/C25H19F4N5O3/c26-18-10-4-15(5-11-18)13-30-23-32-21(16-6-8-17(9-7-16)22(35)36)33-24(34-23)31-19-2-1-3-20(12-19)37-14-25(27,28)29/h1-12H,13-14H2,(H,35,36)(H2,30,31,32,33,34). The van der Waals surface area contributed by atoms with Crippen molar-refractivity contribution in [3.8, 4) is 17.1 Å². The van der Waals surface area contributed by atoms with Gasteiger partial charge in [-0.15, -0.1) is 0 Å². The van der Waals surface area contributed by atoms with E-state index in [0.29, 0.717) is 11.3 Å². The summed E-state index contributed by atoms with van der Waals surface area (Å²) in [6.45, 7) is -1.17. The van der Waals surface area contributed by atoms with E-state index in [9.17, 15) is 22.4 Å². The fourth-order valence-electron chi connectivity index (χ4n) is 3.14. The number of aromatic nitrogens is 3. The zero-order valence-corrected chi connectivity index (χ0v) is 19.0. The molecular weight excluding hydrogens is 494 g/mol. The van der Waals surface area contributed by atoms with E-state index in [-0.39, 0.29) is 41.4 Å². The molecule has 8 nitrogen and oxygen atoms in total. The fraction of sp³-hybridized carbons (Fsp3) is 0.120. The minimum atomic E-state index is -4.48. The van der Waals surface area contributed by atoms with Crippen LogP contribution in [-0.2, 0) is 6.54 Å². The maximum atomic E-state index is 13.2. The highest BCUT2D eigenvalue weighted by Gasteiger charge is 2.28. The second-order valence-electron chi connectivity index (χ2n) is 7.73. The number of hydrogen-bond donors (Lipinski definition) is 3. The summed E-state index contributed by atoms with van der Waals surface area (Å²) in [6, 6.07) is 17.6. The van der Waals surface area contributed by atoms with Gasteiger partial charge in [0.25, 0.3) is 0 Å². The van der Waals surface area contributed by atoms with Gasteiger partial charge >= 0.3 is 12.1 Å². The van der Waals surface area contributed by atoms with Crippen molar-refractivity contribution in [2.75, 3.05) is 17.2 Å². The summed E-state index contributed by atoms with van der Waals surface area (Å²) in [5.41, 5.74) is 1.71. The number of benzene rings is 3. The highest BCUT2D eigenvalue weighted by atomic mass is 19.4. The average Bonchev–Trinajstić information content (AvgIpc) is 2.87. The molecule has 37 heavy (non-hydrogen) atoms. The highest BCUT2D eigenvalue weighted by Crippen LogP contribution is 2.25. The Morgan fingerprint density at radius 3 is 2.30 bits per heavy atom. The Kier molecular flexibility index (Phi) is 7.47. The molecule has 0 radical (unpaired) electrons. The lowest BCUT2D eigenvalue weighted by Gasteiger charge is -2.12. The van der Waals surface area contributed by atoms with E-state index in [1.54, 1.807) is 18.2 Å². The summed E-state index contributed by atoms with van der Waals surface area (Å²) in [7, 11) is 0. The SMILES string of the molecule is O=C(O)c1ccc(-c2nc(NCc3ccc(F)cc3)nc(Nc3cccc(OCC(F)(F)F)c3)n2)cc1. The molecule has 0 aliphatic carbocycles. The number of anilines is 3. The topological polar surface area (TPSA) is 109 Å². The molecule has 0 bridgehead atoms. The smallest absolute Gasteiger partial charge is 0.422 e. The number of rotatable bonds is 9. The summed E-state index contributed by atoms with van der Waals surface area (Å²) in [6.07, 6.45) is -4.48. The fourth-order valence-corrected chi connectivity index (χ4v) is 3.14. The van der Waals surface area contributed by atoms with Crippen LogP contribution in [0.4, 0.5) is 35.1 Å². The third-order valence-corrected chi connectivity index (χ3v) is 4.88. The zero-order valence-electron chi connectivity index (χ0n) is 19.0. The van der Waals surface area contributed by atoms with E-state index in [1.165, 1.54) is 54.6 Å². The summed E-state index contributed by atoms with van der Waals surface area (Å²) in [5, 5.41) is 15.1. The number of carboxylic acids is 1. The lowest BCUT2D eigenvalue weighted by Crippen LogP contribution is -2.19. The van der Waals surface area contributed by atoms with Crippen LogP contribution in [0.5, 0.6) is 5.75 Å². The van der Waals surface area contributed by atoms with Crippen LogP contribution in [0.3, 0.4) is 0 Å². The molecule has 4 aromatic rings. The Bertz CT molecular complexity index is 1380. The maximum absolute atomic E-state index is 13.2. The van der Waals surface area contributed by atoms with E-state index in [2.05, 4.69) is 25.6 Å². The molecule has 0 spiro atoms. The van der Waals surface area contributed by atoms with Crippen molar-refractivity contribution in [1.82, 2.24) is 15.0 Å². The van der Waals surface area contributed by atoms with E-state index in [1.807, 2.05) is 0 Å². The third-order valence-electron chi connectivity index (χ3n) is 4.88. The number of alkyl halides is 3. The first-order valence-corrected chi connectivity index (χ1v) is 10.8. The summed E-state index contributed by atoms with van der Waals surface area (Å²) in [4.78, 5) is 24.2. The number of ether oxygens (including phenoxy) is 1. The molecule has 12 heteroatoms. The predicted molar refractivity (Wildman–Crippen MR) is 127 cm³/mol. The monoisotopic (exact) mass is 513 g/mol. The Morgan fingerprint density at radius 2 is 1.62 bits per heavy atom. The summed E-state index contributed by atoms with van der Waals surface area (Å²) >= 11 is 0. The number of halogens is 4. The molecular formula is C25H19F4N5O3. The van der Waals surface area contributed by atoms with E-state index in [0.717, 1.165) is 5.56 Å². The first-order valence-electron chi connectivity index (χ1n) is 10.8. The molecule has 0 saturated heterocycles. The minimum absolute atomic E-state index is 0.00415. The number of carboxylic acid groups (broad SMARTS) is 1. The van der Waals surface area contributed by atoms with Gasteiger partial charge in [-0.05, 0) is 42.0 Å². The molecule has 1 heterocycles. The maximum Gasteiger partial charge on any atom is 0.422 e. The van der Waals surface area contributed by atoms with Crippen LogP contribution in [0.2, 0.25) is 0 Å². The van der Waals surface area contributed by atoms with Gasteiger partial charge in [-0.1, -0.05) is 30.3 Å². The zero-order chi connectivity index (χ0) is 26.4. The van der Waals surface area contributed by atoms with Crippen LogP contribution >= 0.6 is 0 Å². The van der Waals surface area contributed by atoms with Crippen molar-refractivity contribution < 1.29 is 32.2 Å². The predicted octanol–water partition coefficient (Wildman–Crippen LogP) is 5.67. The van der Waals surface area contributed by atoms with Gasteiger partial charge in [0.1, 0.15) is 11.6 Å². The second kappa shape index (κ2) is 10.9. The first-order chi connectivity index (χ1) is 17.6. The van der Waals surface area contributed by atoms with E-state index >= 15 is 0 Å². The number of aromatic carboxylic acids is 1. The van der Waals surface area contributed by atoms with Gasteiger partial charge in [0, 0.05) is 23.9 Å². The van der Waals surface area contributed by atoms with Crippen LogP contribution in [0.15, 0.2) is 72.8 Å². The van der Waals surface area contributed by atoms with E-state index < -0.39 is 18.8 Å². The molecule has 3 aromatic carbocycles. The highest BCUT2D eigenvalue weighted by molar-refractivity contribution is 5.88. The number of nitrogens with zero attached hydrogens (tertiary/aromatic N) is 3. The molecule has 0 aliphatic heterocycles. The molecule has 1 aromatic heterocycles. The number of nitrogens with one attached hydrogen (secondary N) is 2. The van der Waals surface area contributed by atoms with Crippen molar-refractivity contribution in [3.05, 3.63) is 89.7 Å². The summed E-state index contributed by atoms with van der Waals surface area (Å²) < 4.78 is 55.5.